The molecule has 104 valence electrons. The van der Waals surface area contributed by atoms with Crippen LogP contribution in [-0.4, -0.2) is 55.5 Å². The summed E-state index contributed by atoms with van der Waals surface area (Å²) in [6.45, 7) is 1.05. The number of aliphatic carboxylic acids is 1. The molecule has 1 N–H and O–H groups in total. The second-order valence-corrected chi connectivity index (χ2v) is 5.45. The van der Waals surface area contributed by atoms with Gasteiger partial charge in [0.05, 0.1) is 11.7 Å². The van der Waals surface area contributed by atoms with E-state index in [9.17, 15) is 9.59 Å². The Hall–Kier alpha value is -1.57. The summed E-state index contributed by atoms with van der Waals surface area (Å²) in [5.74, 6) is -0.739. The van der Waals surface area contributed by atoms with Crippen molar-refractivity contribution in [3.05, 3.63) is 6.33 Å². The van der Waals surface area contributed by atoms with Gasteiger partial charge in [0.25, 0.3) is 0 Å². The maximum absolute atomic E-state index is 12.0. The van der Waals surface area contributed by atoms with Crippen molar-refractivity contribution in [1.82, 2.24) is 19.7 Å². The van der Waals surface area contributed by atoms with Crippen LogP contribution in [0.5, 0.6) is 0 Å². The molecule has 1 aromatic heterocycles. The minimum absolute atomic E-state index is 0.0249. The van der Waals surface area contributed by atoms with Gasteiger partial charge in [0.2, 0.25) is 5.91 Å². The summed E-state index contributed by atoms with van der Waals surface area (Å²) in [6, 6.07) is 0. The first-order valence-corrected chi connectivity index (χ1v) is 7.04. The highest BCUT2D eigenvalue weighted by Crippen LogP contribution is 2.19. The molecule has 0 bridgehead atoms. The van der Waals surface area contributed by atoms with Gasteiger partial charge in [0.1, 0.15) is 6.33 Å². The Kier molecular flexibility index (Phi) is 4.41. The quantitative estimate of drug-likeness (QED) is 0.796. The van der Waals surface area contributed by atoms with Gasteiger partial charge in [0.15, 0.2) is 5.16 Å². The van der Waals surface area contributed by atoms with E-state index in [0.717, 1.165) is 0 Å². The lowest BCUT2D eigenvalue weighted by molar-refractivity contribution is -0.145. The molecule has 0 atom stereocenters. The monoisotopic (exact) mass is 284 g/mol. The Balaban J connectivity index is 1.79. The van der Waals surface area contributed by atoms with E-state index in [1.54, 1.807) is 15.8 Å². The summed E-state index contributed by atoms with van der Waals surface area (Å²) < 4.78 is 1.76. The van der Waals surface area contributed by atoms with Gasteiger partial charge >= 0.3 is 5.97 Å². The fourth-order valence-electron chi connectivity index (χ4n) is 2.00. The summed E-state index contributed by atoms with van der Waals surface area (Å²) in [4.78, 5) is 24.5. The number of piperidine rings is 1. The van der Waals surface area contributed by atoms with Crippen molar-refractivity contribution in [2.24, 2.45) is 13.0 Å². The molecule has 8 heteroatoms. The molecule has 1 aromatic rings. The van der Waals surface area contributed by atoms with Crippen LogP contribution in [0.1, 0.15) is 12.8 Å². The Morgan fingerprint density at radius 3 is 2.68 bits per heavy atom. The summed E-state index contributed by atoms with van der Waals surface area (Å²) >= 11 is 1.34. The summed E-state index contributed by atoms with van der Waals surface area (Å²) in [7, 11) is 1.82. The van der Waals surface area contributed by atoms with E-state index in [4.69, 9.17) is 5.11 Å². The van der Waals surface area contributed by atoms with Crippen LogP contribution < -0.4 is 0 Å². The third kappa shape index (κ3) is 3.46. The summed E-state index contributed by atoms with van der Waals surface area (Å²) in [5.41, 5.74) is 0. The van der Waals surface area contributed by atoms with E-state index in [-0.39, 0.29) is 11.8 Å². The molecule has 0 saturated carbocycles. The fourth-order valence-corrected chi connectivity index (χ4v) is 2.79. The number of carboxylic acids is 1. The fraction of sp³-hybridized carbons (Fsp3) is 0.636. The Morgan fingerprint density at radius 1 is 1.47 bits per heavy atom. The largest absolute Gasteiger partial charge is 0.481 e. The molecule has 0 aromatic carbocycles. The number of amides is 1. The van der Waals surface area contributed by atoms with Gasteiger partial charge < -0.3 is 14.6 Å². The number of thioether (sulfide) groups is 1. The van der Waals surface area contributed by atoms with E-state index in [0.29, 0.717) is 36.8 Å². The van der Waals surface area contributed by atoms with E-state index in [1.807, 2.05) is 7.05 Å². The maximum Gasteiger partial charge on any atom is 0.306 e. The van der Waals surface area contributed by atoms with Gasteiger partial charge in [-0.3, -0.25) is 9.59 Å². The Labute approximate surface area is 115 Å². The second kappa shape index (κ2) is 6.05. The first-order chi connectivity index (χ1) is 9.08. The molecule has 1 aliphatic rings. The predicted octanol–water partition coefficient (Wildman–Crippen LogP) is 0.230. The highest BCUT2D eigenvalue weighted by atomic mass is 32.2. The molecule has 1 saturated heterocycles. The maximum atomic E-state index is 12.0. The second-order valence-electron chi connectivity index (χ2n) is 4.51. The molecule has 2 rings (SSSR count). The summed E-state index contributed by atoms with van der Waals surface area (Å²) in [6.07, 6.45) is 2.66. The Bertz CT molecular complexity index is 468. The molecule has 1 aliphatic heterocycles. The van der Waals surface area contributed by atoms with Crippen molar-refractivity contribution in [2.75, 3.05) is 18.8 Å². The van der Waals surface area contributed by atoms with E-state index in [2.05, 4.69) is 10.2 Å². The molecule has 7 nitrogen and oxygen atoms in total. The van der Waals surface area contributed by atoms with Crippen molar-refractivity contribution in [3.8, 4) is 0 Å². The topological polar surface area (TPSA) is 88.3 Å². The minimum Gasteiger partial charge on any atom is -0.481 e. The molecule has 19 heavy (non-hydrogen) atoms. The van der Waals surface area contributed by atoms with E-state index >= 15 is 0 Å². The number of hydrogen-bond acceptors (Lipinski definition) is 5. The van der Waals surface area contributed by atoms with Crippen LogP contribution in [0.3, 0.4) is 0 Å². The lowest BCUT2D eigenvalue weighted by Gasteiger charge is -2.30. The molecule has 0 spiro atoms. The van der Waals surface area contributed by atoms with Crippen LogP contribution in [-0.2, 0) is 16.6 Å². The SMILES string of the molecule is Cn1cnnc1SCC(=O)N1CCC(C(=O)O)CC1. The van der Waals surface area contributed by atoms with Crippen LogP contribution in [0.2, 0.25) is 0 Å². The van der Waals surface area contributed by atoms with Crippen LogP contribution in [0.15, 0.2) is 11.5 Å². The first kappa shape index (κ1) is 13.9. The van der Waals surface area contributed by atoms with Gasteiger partial charge in [-0.25, -0.2) is 0 Å². The van der Waals surface area contributed by atoms with Crippen LogP contribution in [0, 0.1) is 5.92 Å². The number of aromatic nitrogens is 3. The lowest BCUT2D eigenvalue weighted by Crippen LogP contribution is -2.41. The molecule has 0 radical (unpaired) electrons. The van der Waals surface area contributed by atoms with Gasteiger partial charge in [-0.05, 0) is 12.8 Å². The highest BCUT2D eigenvalue weighted by Gasteiger charge is 2.26. The van der Waals surface area contributed by atoms with Gasteiger partial charge in [-0.2, -0.15) is 0 Å². The van der Waals surface area contributed by atoms with Crippen LogP contribution in [0.4, 0.5) is 0 Å². The highest BCUT2D eigenvalue weighted by molar-refractivity contribution is 7.99. The van der Waals surface area contributed by atoms with Crippen LogP contribution >= 0.6 is 11.8 Å². The molecular weight excluding hydrogens is 268 g/mol. The van der Waals surface area contributed by atoms with Crippen molar-refractivity contribution in [3.63, 3.8) is 0 Å². The smallest absolute Gasteiger partial charge is 0.306 e. The number of carboxylic acid groups (broad SMARTS) is 1. The van der Waals surface area contributed by atoms with Gasteiger partial charge in [-0.15, -0.1) is 10.2 Å². The zero-order chi connectivity index (χ0) is 13.8. The Morgan fingerprint density at radius 2 is 2.16 bits per heavy atom. The molecule has 0 aliphatic carbocycles. The van der Waals surface area contributed by atoms with Gasteiger partial charge in [0, 0.05) is 20.1 Å². The number of hydrogen-bond donors (Lipinski definition) is 1. The van der Waals surface area contributed by atoms with Crippen molar-refractivity contribution in [2.45, 2.75) is 18.0 Å². The number of carbonyl (C=O) groups excluding carboxylic acids is 1. The van der Waals surface area contributed by atoms with Crippen molar-refractivity contribution >= 4 is 23.6 Å². The number of nitrogens with zero attached hydrogens (tertiary/aromatic N) is 4. The minimum atomic E-state index is -0.763. The first-order valence-electron chi connectivity index (χ1n) is 6.05. The molecular formula is C11H16N4O3S. The van der Waals surface area contributed by atoms with Crippen LogP contribution in [0.25, 0.3) is 0 Å². The van der Waals surface area contributed by atoms with E-state index in [1.165, 1.54) is 11.8 Å². The lowest BCUT2D eigenvalue weighted by atomic mass is 9.97. The molecule has 2 heterocycles. The predicted molar refractivity (Wildman–Crippen MR) is 68.7 cm³/mol. The number of rotatable bonds is 4. The zero-order valence-electron chi connectivity index (χ0n) is 10.7. The number of likely N-dealkylation sites (tertiary alicyclic amines) is 1. The normalized spacial score (nSPS) is 16.6. The molecule has 1 fully saturated rings. The summed E-state index contributed by atoms with van der Waals surface area (Å²) in [5, 5.41) is 17.2. The average Bonchev–Trinajstić information content (AvgIpc) is 2.81. The molecule has 0 unspecified atom stereocenters. The third-order valence-corrected chi connectivity index (χ3v) is 4.21. The third-order valence-electron chi connectivity index (χ3n) is 3.19. The zero-order valence-corrected chi connectivity index (χ0v) is 11.5. The van der Waals surface area contributed by atoms with Gasteiger partial charge in [-0.1, -0.05) is 11.8 Å². The number of carbonyl (C=O) groups is 2. The standard InChI is InChI=1S/C11H16N4O3S/c1-14-7-12-13-11(14)19-6-9(16)15-4-2-8(3-5-15)10(17)18/h7-8H,2-6H2,1H3,(H,17,18). The van der Waals surface area contributed by atoms with Crippen molar-refractivity contribution in [1.29, 1.82) is 0 Å². The number of aryl methyl sites for hydroxylation is 1. The van der Waals surface area contributed by atoms with Crippen molar-refractivity contribution < 1.29 is 14.7 Å². The van der Waals surface area contributed by atoms with E-state index < -0.39 is 5.97 Å². The molecule has 1 amide bonds. The average molecular weight is 284 g/mol.